The lowest BCUT2D eigenvalue weighted by Crippen LogP contribution is -2.33. The molecule has 1 aromatic heterocycles. The largest absolute Gasteiger partial charge is 0.456 e. The molecule has 0 spiro atoms. The summed E-state index contributed by atoms with van der Waals surface area (Å²) >= 11 is 0. The van der Waals surface area contributed by atoms with Crippen molar-refractivity contribution in [3.8, 4) is 11.5 Å². The molecule has 0 fully saturated rings. The van der Waals surface area contributed by atoms with Gasteiger partial charge in [0.15, 0.2) is 5.78 Å². The van der Waals surface area contributed by atoms with Crippen LogP contribution in [0.3, 0.4) is 0 Å². The van der Waals surface area contributed by atoms with Gasteiger partial charge in [0, 0.05) is 12.7 Å². The number of Topliss-reactive ketones (excluding diaryl/α,β-unsaturated/α-hetero) is 1. The third-order valence-electron chi connectivity index (χ3n) is 2.98. The van der Waals surface area contributed by atoms with E-state index >= 15 is 0 Å². The first kappa shape index (κ1) is 18.1. The smallest absolute Gasteiger partial charge is 0.240 e. The third kappa shape index (κ3) is 5.41. The van der Waals surface area contributed by atoms with Crippen LogP contribution in [-0.4, -0.2) is 38.8 Å². The Morgan fingerprint density at radius 3 is 2.58 bits per heavy atom. The normalized spacial score (nSPS) is 11.2. The molecule has 8 heteroatoms. The predicted octanol–water partition coefficient (Wildman–Crippen LogP) is 1.35. The first-order chi connectivity index (χ1) is 11.5. The number of nitrogens with one attached hydrogen (secondary N) is 1. The lowest BCUT2D eigenvalue weighted by atomic mass is 10.3. The summed E-state index contributed by atoms with van der Waals surface area (Å²) in [5.74, 6) is 0.758. The Hall–Kier alpha value is -2.29. The maximum Gasteiger partial charge on any atom is 0.240 e. The zero-order valence-corrected chi connectivity index (χ0v) is 14.0. The Labute approximate surface area is 141 Å². The van der Waals surface area contributed by atoms with Gasteiger partial charge in [0.05, 0.1) is 24.2 Å². The van der Waals surface area contributed by atoms with Crippen molar-refractivity contribution in [3.63, 3.8) is 0 Å². The SMILES string of the molecule is CC[N]CC(=O)CNS(=O)(=O)c1ccc(Oc2cccnc2)cc1. The highest BCUT2D eigenvalue weighted by Gasteiger charge is 2.15. The second-order valence-electron chi connectivity index (χ2n) is 4.82. The van der Waals surface area contributed by atoms with Crippen molar-refractivity contribution in [1.82, 2.24) is 15.0 Å². The van der Waals surface area contributed by atoms with Gasteiger partial charge in [0.1, 0.15) is 11.5 Å². The summed E-state index contributed by atoms with van der Waals surface area (Å²) in [4.78, 5) is 15.5. The van der Waals surface area contributed by atoms with E-state index in [2.05, 4.69) is 15.0 Å². The van der Waals surface area contributed by atoms with Crippen molar-refractivity contribution in [1.29, 1.82) is 0 Å². The Morgan fingerprint density at radius 1 is 1.21 bits per heavy atom. The van der Waals surface area contributed by atoms with Gasteiger partial charge in [-0.05, 0) is 36.4 Å². The number of nitrogens with zero attached hydrogens (tertiary/aromatic N) is 2. The molecule has 0 amide bonds. The van der Waals surface area contributed by atoms with Crippen LogP contribution in [0.25, 0.3) is 0 Å². The quantitative estimate of drug-likeness (QED) is 0.737. The Bertz CT molecular complexity index is 762. The monoisotopic (exact) mass is 348 g/mol. The maximum atomic E-state index is 12.1. The van der Waals surface area contributed by atoms with Gasteiger partial charge >= 0.3 is 0 Å². The van der Waals surface area contributed by atoms with Crippen LogP contribution in [0, 0.1) is 0 Å². The number of carbonyl (C=O) groups is 1. The van der Waals surface area contributed by atoms with Crippen molar-refractivity contribution in [2.75, 3.05) is 19.6 Å². The number of benzene rings is 1. The summed E-state index contributed by atoms with van der Waals surface area (Å²) in [6.45, 7) is 2.07. The van der Waals surface area contributed by atoms with E-state index < -0.39 is 10.0 Å². The summed E-state index contributed by atoms with van der Waals surface area (Å²) in [5, 5.41) is 3.89. The highest BCUT2D eigenvalue weighted by Crippen LogP contribution is 2.21. The van der Waals surface area contributed by atoms with Crippen LogP contribution in [0.1, 0.15) is 6.92 Å². The lowest BCUT2D eigenvalue weighted by molar-refractivity contribution is -0.117. The fourth-order valence-electron chi connectivity index (χ4n) is 1.78. The number of sulfonamides is 1. The van der Waals surface area contributed by atoms with E-state index in [-0.39, 0.29) is 23.8 Å². The van der Waals surface area contributed by atoms with Crippen LogP contribution in [0.5, 0.6) is 11.5 Å². The molecule has 0 atom stereocenters. The number of hydrogen-bond acceptors (Lipinski definition) is 5. The fourth-order valence-corrected chi connectivity index (χ4v) is 2.79. The summed E-state index contributed by atoms with van der Waals surface area (Å²) in [7, 11) is -3.75. The summed E-state index contributed by atoms with van der Waals surface area (Å²) in [5.41, 5.74) is 0. The topological polar surface area (TPSA) is 99.5 Å². The first-order valence-electron chi connectivity index (χ1n) is 7.34. The van der Waals surface area contributed by atoms with Gasteiger partial charge in [0.2, 0.25) is 10.0 Å². The zero-order chi connectivity index (χ0) is 17.4. The van der Waals surface area contributed by atoms with Crippen molar-refractivity contribution in [2.45, 2.75) is 11.8 Å². The molecule has 0 aliphatic rings. The molecule has 2 rings (SSSR count). The minimum absolute atomic E-state index is 0.0108. The second kappa shape index (κ2) is 8.53. The Balaban J connectivity index is 1.97. The number of likely N-dealkylation sites (N-methyl/N-ethyl adjacent to an activating group) is 1. The van der Waals surface area contributed by atoms with E-state index in [0.29, 0.717) is 18.0 Å². The molecule has 0 unspecified atom stereocenters. The van der Waals surface area contributed by atoms with Gasteiger partial charge < -0.3 is 4.74 Å². The molecule has 127 valence electrons. The van der Waals surface area contributed by atoms with Crippen LogP contribution >= 0.6 is 0 Å². The van der Waals surface area contributed by atoms with E-state index in [0.717, 1.165) is 0 Å². The molecule has 7 nitrogen and oxygen atoms in total. The summed E-state index contributed by atoms with van der Waals surface area (Å²) in [6.07, 6.45) is 3.18. The van der Waals surface area contributed by atoms with Crippen molar-refractivity contribution in [2.24, 2.45) is 0 Å². The Morgan fingerprint density at radius 2 is 1.96 bits per heavy atom. The fraction of sp³-hybridized carbons (Fsp3) is 0.250. The Kier molecular flexibility index (Phi) is 6.42. The van der Waals surface area contributed by atoms with Crippen molar-refractivity contribution in [3.05, 3.63) is 48.8 Å². The molecule has 0 aliphatic carbocycles. The van der Waals surface area contributed by atoms with E-state index in [1.807, 2.05) is 6.92 Å². The summed E-state index contributed by atoms with van der Waals surface area (Å²) < 4.78 is 32.1. The van der Waals surface area contributed by atoms with Gasteiger partial charge in [0.25, 0.3) is 0 Å². The molecule has 1 radical (unpaired) electrons. The lowest BCUT2D eigenvalue weighted by Gasteiger charge is -2.08. The van der Waals surface area contributed by atoms with Gasteiger partial charge in [-0.2, -0.15) is 0 Å². The number of ketones is 1. The maximum absolute atomic E-state index is 12.1. The van der Waals surface area contributed by atoms with Crippen LogP contribution < -0.4 is 14.8 Å². The second-order valence-corrected chi connectivity index (χ2v) is 6.59. The van der Waals surface area contributed by atoms with Crippen LogP contribution in [0.2, 0.25) is 0 Å². The average molecular weight is 348 g/mol. The van der Waals surface area contributed by atoms with Gasteiger partial charge in [-0.1, -0.05) is 6.92 Å². The third-order valence-corrected chi connectivity index (χ3v) is 4.39. The number of hydrogen-bond donors (Lipinski definition) is 1. The molecule has 1 heterocycles. The van der Waals surface area contributed by atoms with E-state index in [1.54, 1.807) is 24.5 Å². The van der Waals surface area contributed by atoms with E-state index in [1.165, 1.54) is 24.3 Å². The number of carbonyl (C=O) groups excluding carboxylic acids is 1. The molecule has 0 saturated heterocycles. The molecule has 2 aromatic rings. The van der Waals surface area contributed by atoms with E-state index in [9.17, 15) is 13.2 Å². The predicted molar refractivity (Wildman–Crippen MR) is 88.5 cm³/mol. The number of pyridine rings is 1. The molecule has 0 saturated carbocycles. The molecule has 24 heavy (non-hydrogen) atoms. The van der Waals surface area contributed by atoms with Crippen molar-refractivity contribution < 1.29 is 17.9 Å². The van der Waals surface area contributed by atoms with E-state index in [4.69, 9.17) is 4.74 Å². The molecule has 0 bridgehead atoms. The van der Waals surface area contributed by atoms with Gasteiger partial charge in [-0.25, -0.2) is 18.5 Å². The molecular weight excluding hydrogens is 330 g/mol. The zero-order valence-electron chi connectivity index (χ0n) is 13.2. The molecular formula is C16H18N3O4S. The summed E-state index contributed by atoms with van der Waals surface area (Å²) in [6, 6.07) is 9.38. The number of rotatable bonds is 9. The van der Waals surface area contributed by atoms with Crippen LogP contribution in [-0.2, 0) is 14.8 Å². The van der Waals surface area contributed by atoms with Crippen LogP contribution in [0.4, 0.5) is 0 Å². The highest BCUT2D eigenvalue weighted by molar-refractivity contribution is 7.89. The van der Waals surface area contributed by atoms with Crippen LogP contribution in [0.15, 0.2) is 53.7 Å². The molecule has 1 aromatic carbocycles. The number of aromatic nitrogens is 1. The first-order valence-corrected chi connectivity index (χ1v) is 8.82. The minimum atomic E-state index is -3.75. The van der Waals surface area contributed by atoms with Crippen molar-refractivity contribution >= 4 is 15.8 Å². The van der Waals surface area contributed by atoms with Gasteiger partial charge in [-0.15, -0.1) is 0 Å². The molecule has 0 aliphatic heterocycles. The molecule has 1 N–H and O–H groups in total. The minimum Gasteiger partial charge on any atom is -0.456 e. The average Bonchev–Trinajstić information content (AvgIpc) is 2.59. The highest BCUT2D eigenvalue weighted by atomic mass is 32.2. The number of ether oxygens (including phenoxy) is 1. The standard InChI is InChI=1S/C16H18N3O4S/c1-2-17-10-13(20)11-19-24(21,22)16-7-5-14(6-8-16)23-15-4-3-9-18-12-15/h3-9,12,19H,2,10-11H2,1H3. The van der Waals surface area contributed by atoms with Gasteiger partial charge in [-0.3, -0.25) is 9.78 Å².